The Labute approximate surface area is 118 Å². The Morgan fingerprint density at radius 3 is 2.15 bits per heavy atom. The van der Waals surface area contributed by atoms with Crippen LogP contribution in [-0.2, 0) is 0 Å². The molecule has 0 aromatic heterocycles. The van der Waals surface area contributed by atoms with Crippen molar-refractivity contribution in [3.05, 3.63) is 65.2 Å². The summed E-state index contributed by atoms with van der Waals surface area (Å²) in [7, 11) is 0. The fourth-order valence-corrected chi connectivity index (χ4v) is 1.69. The highest BCUT2D eigenvalue weighted by Crippen LogP contribution is 2.07. The molecule has 0 saturated heterocycles. The first-order valence-corrected chi connectivity index (χ1v) is 6.33. The zero-order valence-corrected chi connectivity index (χ0v) is 11.6. The standard InChI is InChI=1S/C16H17N3O/c1-11-3-5-14(6-4-11)16(20)19-18-12(2)13-7-9-15(17)10-8-13/h3-10H,17H2,1-2H3,(H,19,20). The van der Waals surface area contributed by atoms with E-state index in [-0.39, 0.29) is 5.91 Å². The van der Waals surface area contributed by atoms with Crippen molar-refractivity contribution in [3.63, 3.8) is 0 Å². The minimum Gasteiger partial charge on any atom is -0.399 e. The van der Waals surface area contributed by atoms with Crippen molar-refractivity contribution in [2.45, 2.75) is 13.8 Å². The first-order valence-electron chi connectivity index (χ1n) is 6.33. The van der Waals surface area contributed by atoms with Crippen LogP contribution in [0, 0.1) is 6.92 Å². The Bertz CT molecular complexity index is 628. The van der Waals surface area contributed by atoms with E-state index >= 15 is 0 Å². The summed E-state index contributed by atoms with van der Waals surface area (Å²) in [6, 6.07) is 14.7. The average molecular weight is 267 g/mol. The van der Waals surface area contributed by atoms with Crippen LogP contribution in [0.1, 0.15) is 28.4 Å². The van der Waals surface area contributed by atoms with Gasteiger partial charge in [0.05, 0.1) is 5.71 Å². The number of nitrogen functional groups attached to an aromatic ring is 1. The zero-order valence-electron chi connectivity index (χ0n) is 11.6. The van der Waals surface area contributed by atoms with Gasteiger partial charge in [-0.15, -0.1) is 0 Å². The number of anilines is 1. The number of nitrogens with one attached hydrogen (secondary N) is 1. The number of carbonyl (C=O) groups is 1. The average Bonchev–Trinajstić information content (AvgIpc) is 2.46. The van der Waals surface area contributed by atoms with Crippen molar-refractivity contribution in [1.82, 2.24) is 5.43 Å². The molecule has 0 bridgehead atoms. The van der Waals surface area contributed by atoms with E-state index in [4.69, 9.17) is 5.73 Å². The van der Waals surface area contributed by atoms with Crippen LogP contribution in [0.2, 0.25) is 0 Å². The summed E-state index contributed by atoms with van der Waals surface area (Å²) < 4.78 is 0. The number of hydrogen-bond acceptors (Lipinski definition) is 3. The lowest BCUT2D eigenvalue weighted by Gasteiger charge is -2.04. The van der Waals surface area contributed by atoms with Crippen LogP contribution in [0.4, 0.5) is 5.69 Å². The number of benzene rings is 2. The number of nitrogens with zero attached hydrogens (tertiary/aromatic N) is 1. The minimum atomic E-state index is -0.222. The number of nitrogens with two attached hydrogens (primary N) is 1. The Morgan fingerprint density at radius 1 is 1.00 bits per heavy atom. The fourth-order valence-electron chi connectivity index (χ4n) is 1.69. The van der Waals surface area contributed by atoms with Gasteiger partial charge >= 0.3 is 0 Å². The normalized spacial score (nSPS) is 11.2. The molecule has 0 fully saturated rings. The van der Waals surface area contributed by atoms with Crippen molar-refractivity contribution >= 4 is 17.3 Å². The molecule has 1 amide bonds. The molecule has 0 aliphatic carbocycles. The van der Waals surface area contributed by atoms with Crippen LogP contribution < -0.4 is 11.2 Å². The highest BCUT2D eigenvalue weighted by atomic mass is 16.2. The van der Waals surface area contributed by atoms with Crippen LogP contribution in [0.5, 0.6) is 0 Å². The number of hydrogen-bond donors (Lipinski definition) is 2. The predicted octanol–water partition coefficient (Wildman–Crippen LogP) is 2.73. The van der Waals surface area contributed by atoms with Crippen LogP contribution >= 0.6 is 0 Å². The summed E-state index contributed by atoms with van der Waals surface area (Å²) in [5, 5.41) is 4.10. The third-order valence-electron chi connectivity index (χ3n) is 2.97. The summed E-state index contributed by atoms with van der Waals surface area (Å²) in [4.78, 5) is 11.9. The maximum absolute atomic E-state index is 11.9. The quantitative estimate of drug-likeness (QED) is 0.510. The molecule has 3 N–H and O–H groups in total. The van der Waals surface area contributed by atoms with E-state index in [1.54, 1.807) is 24.3 Å². The molecule has 2 aromatic carbocycles. The zero-order chi connectivity index (χ0) is 14.5. The van der Waals surface area contributed by atoms with Gasteiger partial charge in [-0.25, -0.2) is 5.43 Å². The molecule has 2 rings (SSSR count). The highest BCUT2D eigenvalue weighted by Gasteiger charge is 2.04. The molecule has 0 spiro atoms. The molecule has 20 heavy (non-hydrogen) atoms. The van der Waals surface area contributed by atoms with Gasteiger partial charge in [0.25, 0.3) is 5.91 Å². The Morgan fingerprint density at radius 2 is 1.55 bits per heavy atom. The van der Waals surface area contributed by atoms with Gasteiger partial charge in [0.15, 0.2) is 0 Å². The van der Waals surface area contributed by atoms with Crippen molar-refractivity contribution in [2.75, 3.05) is 5.73 Å². The second-order valence-corrected chi connectivity index (χ2v) is 4.63. The summed E-state index contributed by atoms with van der Waals surface area (Å²) in [6.07, 6.45) is 0. The largest absolute Gasteiger partial charge is 0.399 e. The van der Waals surface area contributed by atoms with Gasteiger partial charge in [-0.1, -0.05) is 29.8 Å². The summed E-state index contributed by atoms with van der Waals surface area (Å²) in [6.45, 7) is 3.81. The lowest BCUT2D eigenvalue weighted by molar-refractivity contribution is 0.0955. The van der Waals surface area contributed by atoms with E-state index in [2.05, 4.69) is 10.5 Å². The van der Waals surface area contributed by atoms with Gasteiger partial charge in [-0.3, -0.25) is 4.79 Å². The molecule has 0 heterocycles. The topological polar surface area (TPSA) is 67.5 Å². The highest BCUT2D eigenvalue weighted by molar-refractivity contribution is 6.01. The monoisotopic (exact) mass is 267 g/mol. The molecule has 2 aromatic rings. The molecule has 0 radical (unpaired) electrons. The SMILES string of the molecule is CC(=NNC(=O)c1ccc(C)cc1)c1ccc(N)cc1. The van der Waals surface area contributed by atoms with Crippen molar-refractivity contribution in [1.29, 1.82) is 0 Å². The van der Waals surface area contributed by atoms with E-state index in [0.29, 0.717) is 11.3 Å². The van der Waals surface area contributed by atoms with E-state index in [9.17, 15) is 4.79 Å². The van der Waals surface area contributed by atoms with E-state index in [0.717, 1.165) is 16.8 Å². The number of amides is 1. The smallest absolute Gasteiger partial charge is 0.271 e. The third kappa shape index (κ3) is 3.45. The fraction of sp³-hybridized carbons (Fsp3) is 0.125. The second kappa shape index (κ2) is 6.02. The number of aryl methyl sites for hydroxylation is 1. The third-order valence-corrected chi connectivity index (χ3v) is 2.97. The molecule has 102 valence electrons. The maximum atomic E-state index is 11.9. The second-order valence-electron chi connectivity index (χ2n) is 4.63. The van der Waals surface area contributed by atoms with Crippen LogP contribution in [-0.4, -0.2) is 11.6 Å². The summed E-state index contributed by atoms with van der Waals surface area (Å²) >= 11 is 0. The molecule has 0 saturated carbocycles. The molecule has 4 heteroatoms. The summed E-state index contributed by atoms with van der Waals surface area (Å²) in [5.74, 6) is -0.222. The van der Waals surface area contributed by atoms with E-state index in [1.165, 1.54) is 0 Å². The molecule has 0 atom stereocenters. The number of carbonyl (C=O) groups excluding carboxylic acids is 1. The Hall–Kier alpha value is -2.62. The van der Waals surface area contributed by atoms with Gasteiger partial charge in [-0.05, 0) is 43.7 Å². The molecule has 4 nitrogen and oxygen atoms in total. The van der Waals surface area contributed by atoms with Crippen LogP contribution in [0.25, 0.3) is 0 Å². The van der Waals surface area contributed by atoms with Crippen LogP contribution in [0.3, 0.4) is 0 Å². The van der Waals surface area contributed by atoms with Gasteiger partial charge in [0.1, 0.15) is 0 Å². The van der Waals surface area contributed by atoms with Crippen molar-refractivity contribution in [2.24, 2.45) is 5.10 Å². The lowest BCUT2D eigenvalue weighted by atomic mass is 10.1. The molecule has 0 unspecified atom stereocenters. The molecule has 0 aliphatic heterocycles. The van der Waals surface area contributed by atoms with Crippen LogP contribution in [0.15, 0.2) is 53.6 Å². The Kier molecular flexibility index (Phi) is 4.15. The van der Waals surface area contributed by atoms with Crippen molar-refractivity contribution < 1.29 is 4.79 Å². The van der Waals surface area contributed by atoms with Gasteiger partial charge in [0.2, 0.25) is 0 Å². The van der Waals surface area contributed by atoms with E-state index in [1.807, 2.05) is 38.1 Å². The van der Waals surface area contributed by atoms with Gasteiger partial charge in [-0.2, -0.15) is 5.10 Å². The molecular weight excluding hydrogens is 250 g/mol. The first kappa shape index (κ1) is 13.8. The summed E-state index contributed by atoms with van der Waals surface area (Å²) in [5.41, 5.74) is 12.2. The predicted molar refractivity (Wildman–Crippen MR) is 81.7 cm³/mol. The maximum Gasteiger partial charge on any atom is 0.271 e. The number of rotatable bonds is 3. The van der Waals surface area contributed by atoms with Gasteiger partial charge < -0.3 is 5.73 Å². The number of hydrazone groups is 1. The minimum absolute atomic E-state index is 0.222. The van der Waals surface area contributed by atoms with Crippen molar-refractivity contribution in [3.8, 4) is 0 Å². The lowest BCUT2D eigenvalue weighted by Crippen LogP contribution is -2.19. The Balaban J connectivity index is 2.06. The first-order chi connectivity index (χ1) is 9.56. The molecule has 0 aliphatic rings. The van der Waals surface area contributed by atoms with Gasteiger partial charge in [0, 0.05) is 11.3 Å². The van der Waals surface area contributed by atoms with E-state index < -0.39 is 0 Å². The molecular formula is C16H17N3O.